The van der Waals surface area contributed by atoms with E-state index in [1.165, 1.54) is 17.8 Å². The highest BCUT2D eigenvalue weighted by Crippen LogP contribution is 2.25. The third kappa shape index (κ3) is 5.74. The lowest BCUT2D eigenvalue weighted by atomic mass is 10.2. The molecule has 4 nitrogen and oxygen atoms in total. The van der Waals surface area contributed by atoms with Crippen LogP contribution in [0, 0.1) is 6.92 Å². The third-order valence-corrected chi connectivity index (χ3v) is 4.71. The average molecular weight is 384 g/mol. The Labute approximate surface area is 154 Å². The van der Waals surface area contributed by atoms with Gasteiger partial charge in [0, 0.05) is 9.92 Å². The van der Waals surface area contributed by atoms with Gasteiger partial charge in [-0.05, 0) is 36.8 Å². The number of thioether (sulfide) groups is 1. The van der Waals surface area contributed by atoms with E-state index in [1.807, 2.05) is 31.2 Å². The summed E-state index contributed by atoms with van der Waals surface area (Å²) in [5.74, 6) is -0.783. The first kappa shape index (κ1) is 18.6. The van der Waals surface area contributed by atoms with Gasteiger partial charge in [-0.25, -0.2) is 0 Å². The standard InChI is InChI=1S/C17H15Cl2NO3S/c1-11-4-2-3-5-15(11)24-10-17(22)23-9-16(21)20-14-7-6-12(18)8-13(14)19/h2-8H,9-10H2,1H3,(H,20,21). The molecular weight excluding hydrogens is 369 g/mol. The van der Waals surface area contributed by atoms with E-state index in [1.54, 1.807) is 12.1 Å². The molecule has 0 saturated carbocycles. The van der Waals surface area contributed by atoms with Gasteiger partial charge in [0.15, 0.2) is 6.61 Å². The van der Waals surface area contributed by atoms with E-state index in [4.69, 9.17) is 27.9 Å². The molecule has 0 heterocycles. The number of aryl methyl sites for hydroxylation is 1. The van der Waals surface area contributed by atoms with Gasteiger partial charge in [0.1, 0.15) is 0 Å². The number of esters is 1. The first-order valence-electron chi connectivity index (χ1n) is 7.04. The Bertz CT molecular complexity index is 752. The molecule has 0 aromatic heterocycles. The van der Waals surface area contributed by atoms with Gasteiger partial charge >= 0.3 is 5.97 Å². The van der Waals surface area contributed by atoms with E-state index in [-0.39, 0.29) is 12.4 Å². The Morgan fingerprint density at radius 3 is 2.62 bits per heavy atom. The summed E-state index contributed by atoms with van der Waals surface area (Å²) in [5, 5.41) is 3.35. The topological polar surface area (TPSA) is 55.4 Å². The second kappa shape index (κ2) is 8.97. The van der Waals surface area contributed by atoms with Crippen molar-refractivity contribution < 1.29 is 14.3 Å². The van der Waals surface area contributed by atoms with Crippen LogP contribution >= 0.6 is 35.0 Å². The second-order valence-electron chi connectivity index (χ2n) is 4.89. The molecule has 0 fully saturated rings. The fourth-order valence-electron chi connectivity index (χ4n) is 1.82. The minimum atomic E-state index is -0.464. The van der Waals surface area contributed by atoms with Crippen LogP contribution in [0.5, 0.6) is 0 Å². The fraction of sp³-hybridized carbons (Fsp3) is 0.176. The zero-order valence-corrected chi connectivity index (χ0v) is 15.2. The van der Waals surface area contributed by atoms with Crippen molar-refractivity contribution in [2.75, 3.05) is 17.7 Å². The summed E-state index contributed by atoms with van der Waals surface area (Å²) in [5.41, 5.74) is 1.50. The molecule has 0 bridgehead atoms. The van der Waals surface area contributed by atoms with Crippen molar-refractivity contribution in [2.45, 2.75) is 11.8 Å². The highest BCUT2D eigenvalue weighted by Gasteiger charge is 2.11. The molecule has 0 aliphatic rings. The van der Waals surface area contributed by atoms with Crippen molar-refractivity contribution in [1.82, 2.24) is 0 Å². The van der Waals surface area contributed by atoms with Crippen molar-refractivity contribution in [3.63, 3.8) is 0 Å². The van der Waals surface area contributed by atoms with Gasteiger partial charge in [-0.2, -0.15) is 0 Å². The number of ether oxygens (including phenoxy) is 1. The molecule has 0 radical (unpaired) electrons. The minimum Gasteiger partial charge on any atom is -0.455 e. The number of hydrogen-bond donors (Lipinski definition) is 1. The summed E-state index contributed by atoms with van der Waals surface area (Å²) < 4.78 is 4.96. The first-order valence-corrected chi connectivity index (χ1v) is 8.79. The summed E-state index contributed by atoms with van der Waals surface area (Å²) in [6, 6.07) is 12.4. The molecule has 1 amide bonds. The number of nitrogens with one attached hydrogen (secondary N) is 1. The van der Waals surface area contributed by atoms with Crippen LogP contribution in [-0.4, -0.2) is 24.2 Å². The predicted octanol–water partition coefficient (Wildman–Crippen LogP) is 4.58. The number of halogens is 2. The summed E-state index contributed by atoms with van der Waals surface area (Å²) >= 11 is 13.1. The lowest BCUT2D eigenvalue weighted by Gasteiger charge is -2.08. The summed E-state index contributed by atoms with van der Waals surface area (Å²) in [6.07, 6.45) is 0. The predicted molar refractivity (Wildman–Crippen MR) is 98.0 cm³/mol. The maximum Gasteiger partial charge on any atom is 0.316 e. The molecular formula is C17H15Cl2NO3S. The van der Waals surface area contributed by atoms with Crippen LogP contribution in [0.1, 0.15) is 5.56 Å². The number of amides is 1. The molecule has 2 aromatic carbocycles. The lowest BCUT2D eigenvalue weighted by Crippen LogP contribution is -2.21. The summed E-state index contributed by atoms with van der Waals surface area (Å²) in [6.45, 7) is 1.60. The van der Waals surface area contributed by atoms with Gasteiger partial charge in [0.2, 0.25) is 0 Å². The van der Waals surface area contributed by atoms with Crippen molar-refractivity contribution in [2.24, 2.45) is 0 Å². The van der Waals surface area contributed by atoms with Crippen LogP contribution in [0.3, 0.4) is 0 Å². The average Bonchev–Trinajstić information content (AvgIpc) is 2.55. The highest BCUT2D eigenvalue weighted by molar-refractivity contribution is 8.00. The molecule has 0 spiro atoms. The van der Waals surface area contributed by atoms with E-state index in [9.17, 15) is 9.59 Å². The van der Waals surface area contributed by atoms with Crippen LogP contribution in [-0.2, 0) is 14.3 Å². The third-order valence-electron chi connectivity index (χ3n) is 3.01. The normalized spacial score (nSPS) is 10.3. The zero-order valence-electron chi connectivity index (χ0n) is 12.8. The van der Waals surface area contributed by atoms with E-state index >= 15 is 0 Å². The van der Waals surface area contributed by atoms with Crippen LogP contribution in [0.25, 0.3) is 0 Å². The largest absolute Gasteiger partial charge is 0.455 e. The molecule has 7 heteroatoms. The van der Waals surface area contributed by atoms with Gasteiger partial charge < -0.3 is 10.1 Å². The van der Waals surface area contributed by atoms with Crippen LogP contribution in [0.15, 0.2) is 47.4 Å². The smallest absolute Gasteiger partial charge is 0.316 e. The van der Waals surface area contributed by atoms with Crippen molar-refractivity contribution in [3.8, 4) is 0 Å². The molecule has 0 unspecified atom stereocenters. The zero-order chi connectivity index (χ0) is 17.5. The van der Waals surface area contributed by atoms with Crippen LogP contribution in [0.2, 0.25) is 10.0 Å². The maximum absolute atomic E-state index is 11.8. The Balaban J connectivity index is 1.77. The first-order chi connectivity index (χ1) is 11.5. The maximum atomic E-state index is 11.8. The Kier molecular flexibility index (Phi) is 6.97. The number of hydrogen-bond acceptors (Lipinski definition) is 4. The number of anilines is 1. The molecule has 0 saturated heterocycles. The fourth-order valence-corrected chi connectivity index (χ4v) is 3.10. The Morgan fingerprint density at radius 2 is 1.92 bits per heavy atom. The SMILES string of the molecule is Cc1ccccc1SCC(=O)OCC(=O)Nc1ccc(Cl)cc1Cl. The van der Waals surface area contributed by atoms with E-state index in [0.717, 1.165) is 10.5 Å². The summed E-state index contributed by atoms with van der Waals surface area (Å²) in [7, 11) is 0. The second-order valence-corrected chi connectivity index (χ2v) is 6.75. The van der Waals surface area contributed by atoms with Crippen molar-refractivity contribution >= 4 is 52.5 Å². The molecule has 126 valence electrons. The number of carbonyl (C=O) groups is 2. The summed E-state index contributed by atoms with van der Waals surface area (Å²) in [4.78, 5) is 24.5. The van der Waals surface area contributed by atoms with Gasteiger partial charge in [0.05, 0.1) is 16.5 Å². The molecule has 0 aliphatic heterocycles. The minimum absolute atomic E-state index is 0.139. The van der Waals surface area contributed by atoms with E-state index < -0.39 is 11.9 Å². The number of carbonyl (C=O) groups excluding carboxylic acids is 2. The molecule has 1 N–H and O–H groups in total. The van der Waals surface area contributed by atoms with Crippen LogP contribution in [0.4, 0.5) is 5.69 Å². The van der Waals surface area contributed by atoms with Gasteiger partial charge in [-0.3, -0.25) is 9.59 Å². The molecule has 2 rings (SSSR count). The monoisotopic (exact) mass is 383 g/mol. The molecule has 0 aliphatic carbocycles. The van der Waals surface area contributed by atoms with E-state index in [2.05, 4.69) is 5.32 Å². The van der Waals surface area contributed by atoms with Gasteiger partial charge in [-0.15, -0.1) is 11.8 Å². The van der Waals surface area contributed by atoms with E-state index in [0.29, 0.717) is 15.7 Å². The van der Waals surface area contributed by atoms with Crippen molar-refractivity contribution in [3.05, 3.63) is 58.1 Å². The molecule has 0 atom stereocenters. The lowest BCUT2D eigenvalue weighted by molar-refractivity contribution is -0.144. The van der Waals surface area contributed by atoms with Gasteiger partial charge in [-0.1, -0.05) is 41.4 Å². The molecule has 2 aromatic rings. The molecule has 24 heavy (non-hydrogen) atoms. The highest BCUT2D eigenvalue weighted by atomic mass is 35.5. The van der Waals surface area contributed by atoms with Crippen LogP contribution < -0.4 is 5.32 Å². The van der Waals surface area contributed by atoms with Gasteiger partial charge in [0.25, 0.3) is 5.91 Å². The Hall–Kier alpha value is -1.69. The number of benzene rings is 2. The Morgan fingerprint density at radius 1 is 1.17 bits per heavy atom. The van der Waals surface area contributed by atoms with Crippen molar-refractivity contribution in [1.29, 1.82) is 0 Å². The quantitative estimate of drug-likeness (QED) is 0.585. The number of rotatable bonds is 6.